The molecule has 4 aromatic carbocycles. The first kappa shape index (κ1) is 30.9. The average Bonchev–Trinajstić information content (AvgIpc) is 2.99. The van der Waals surface area contributed by atoms with Crippen LogP contribution >= 0.6 is 35.0 Å². The summed E-state index contributed by atoms with van der Waals surface area (Å²) >= 11 is 13.9. The lowest BCUT2D eigenvalue weighted by molar-refractivity contribution is -0.116. The van der Waals surface area contributed by atoms with E-state index >= 15 is 0 Å². The van der Waals surface area contributed by atoms with Crippen molar-refractivity contribution in [1.29, 1.82) is 0 Å². The highest BCUT2D eigenvalue weighted by atomic mass is 35.5. The minimum absolute atomic E-state index is 0.0257. The first-order valence-corrected chi connectivity index (χ1v) is 14.9. The lowest BCUT2D eigenvalue weighted by atomic mass is 10.1. The minimum atomic E-state index is -0.525. The number of carbonyl (C=O) groups excluding carboxylic acids is 3. The van der Waals surface area contributed by atoms with E-state index in [2.05, 4.69) is 16.0 Å². The van der Waals surface area contributed by atoms with Crippen molar-refractivity contribution in [3.63, 3.8) is 0 Å². The zero-order valence-corrected chi connectivity index (χ0v) is 25.3. The molecule has 3 amide bonds. The van der Waals surface area contributed by atoms with Gasteiger partial charge >= 0.3 is 0 Å². The van der Waals surface area contributed by atoms with E-state index in [1.807, 2.05) is 26.0 Å². The molecule has 4 aromatic rings. The summed E-state index contributed by atoms with van der Waals surface area (Å²) in [6, 6.07) is 28.2. The number of amides is 3. The SMILES string of the molecule is CCC(Sc1cccc(NC(=O)/C(=C\c2ccccc2Cl)NC(=O)c2ccccc2)c1)C(=O)Nc1cccc(Cl)c1C. The van der Waals surface area contributed by atoms with Crippen LogP contribution in [0.25, 0.3) is 6.08 Å². The molecule has 4 rings (SSSR count). The third-order valence-electron chi connectivity index (χ3n) is 6.29. The molecule has 214 valence electrons. The van der Waals surface area contributed by atoms with Crippen molar-refractivity contribution >= 4 is 70.1 Å². The summed E-state index contributed by atoms with van der Waals surface area (Å²) in [6.45, 7) is 3.80. The summed E-state index contributed by atoms with van der Waals surface area (Å²) in [5.41, 5.74) is 2.99. The zero-order chi connectivity index (χ0) is 30.1. The summed E-state index contributed by atoms with van der Waals surface area (Å²) in [6.07, 6.45) is 2.12. The second-order valence-electron chi connectivity index (χ2n) is 9.30. The maximum absolute atomic E-state index is 13.4. The number of halogens is 2. The molecule has 3 N–H and O–H groups in total. The third-order valence-corrected chi connectivity index (χ3v) is 8.40. The number of thioether (sulfide) groups is 1. The van der Waals surface area contributed by atoms with Crippen LogP contribution in [0, 0.1) is 6.92 Å². The molecule has 9 heteroatoms. The van der Waals surface area contributed by atoms with Crippen molar-refractivity contribution in [2.75, 3.05) is 10.6 Å². The Hall–Kier alpha value is -4.04. The van der Waals surface area contributed by atoms with Crippen LogP contribution in [0.2, 0.25) is 10.0 Å². The standard InChI is InChI=1S/C33H29Cl2N3O3S/c1-3-30(33(41)37-28-18-10-17-26(34)21(28)2)42-25-15-9-14-24(20-25)36-32(40)29(19-23-13-7-8-16-27(23)35)38-31(39)22-11-5-4-6-12-22/h4-20,30H,3H2,1-2H3,(H,36,40)(H,37,41)(H,38,39)/b29-19+. The summed E-state index contributed by atoms with van der Waals surface area (Å²) in [5.74, 6) is -1.10. The van der Waals surface area contributed by atoms with Crippen molar-refractivity contribution in [3.05, 3.63) is 129 Å². The molecule has 0 bridgehead atoms. The van der Waals surface area contributed by atoms with Crippen LogP contribution in [0.15, 0.2) is 108 Å². The van der Waals surface area contributed by atoms with Crippen LogP contribution < -0.4 is 16.0 Å². The van der Waals surface area contributed by atoms with Crippen molar-refractivity contribution in [2.45, 2.75) is 30.4 Å². The molecule has 42 heavy (non-hydrogen) atoms. The number of benzene rings is 4. The molecule has 0 saturated heterocycles. The van der Waals surface area contributed by atoms with Crippen molar-refractivity contribution < 1.29 is 14.4 Å². The van der Waals surface area contributed by atoms with E-state index < -0.39 is 11.8 Å². The van der Waals surface area contributed by atoms with Gasteiger partial charge < -0.3 is 16.0 Å². The van der Waals surface area contributed by atoms with Gasteiger partial charge in [-0.1, -0.05) is 78.7 Å². The molecular weight excluding hydrogens is 589 g/mol. The average molecular weight is 619 g/mol. The fraction of sp³-hybridized carbons (Fsp3) is 0.121. The molecule has 0 aromatic heterocycles. The van der Waals surface area contributed by atoms with E-state index in [-0.39, 0.29) is 16.9 Å². The first-order chi connectivity index (χ1) is 20.2. The Balaban J connectivity index is 1.51. The first-order valence-electron chi connectivity index (χ1n) is 13.2. The van der Waals surface area contributed by atoms with Crippen LogP contribution in [0.5, 0.6) is 0 Å². The normalized spacial score (nSPS) is 11.9. The lowest BCUT2D eigenvalue weighted by Crippen LogP contribution is -2.30. The van der Waals surface area contributed by atoms with Gasteiger partial charge in [-0.3, -0.25) is 14.4 Å². The molecule has 0 fully saturated rings. The number of rotatable bonds is 10. The lowest BCUT2D eigenvalue weighted by Gasteiger charge is -2.17. The molecule has 0 saturated carbocycles. The van der Waals surface area contributed by atoms with Gasteiger partial charge in [0.1, 0.15) is 5.70 Å². The minimum Gasteiger partial charge on any atom is -0.325 e. The van der Waals surface area contributed by atoms with Crippen LogP contribution in [-0.2, 0) is 9.59 Å². The van der Waals surface area contributed by atoms with E-state index in [4.69, 9.17) is 23.2 Å². The molecule has 0 aliphatic rings. The van der Waals surface area contributed by atoms with Crippen molar-refractivity contribution in [3.8, 4) is 0 Å². The van der Waals surface area contributed by atoms with Gasteiger partial charge in [-0.2, -0.15) is 0 Å². The Bertz CT molecular complexity index is 1630. The molecular formula is C33H29Cl2N3O3S. The van der Waals surface area contributed by atoms with Crippen molar-refractivity contribution in [2.24, 2.45) is 0 Å². The summed E-state index contributed by atoms with van der Waals surface area (Å²) in [7, 11) is 0. The van der Waals surface area contributed by atoms with Gasteiger partial charge in [-0.05, 0) is 79.1 Å². The Morgan fingerprint density at radius 3 is 2.26 bits per heavy atom. The predicted molar refractivity (Wildman–Crippen MR) is 173 cm³/mol. The number of carbonyl (C=O) groups is 3. The van der Waals surface area contributed by atoms with Gasteiger partial charge in [0.05, 0.1) is 5.25 Å². The molecule has 0 spiro atoms. The number of hydrogen-bond acceptors (Lipinski definition) is 4. The van der Waals surface area contributed by atoms with Gasteiger partial charge in [0.25, 0.3) is 11.8 Å². The monoisotopic (exact) mass is 617 g/mol. The maximum Gasteiger partial charge on any atom is 0.272 e. The molecule has 0 heterocycles. The molecule has 0 aliphatic carbocycles. The Morgan fingerprint density at radius 2 is 1.52 bits per heavy atom. The number of nitrogens with one attached hydrogen (secondary N) is 3. The Kier molecular flexibility index (Phi) is 10.8. The highest BCUT2D eigenvalue weighted by Gasteiger charge is 2.20. The molecule has 1 unspecified atom stereocenters. The van der Waals surface area contributed by atoms with E-state index in [9.17, 15) is 14.4 Å². The van der Waals surface area contributed by atoms with Gasteiger partial charge in [0, 0.05) is 31.9 Å². The van der Waals surface area contributed by atoms with E-state index in [0.717, 1.165) is 10.5 Å². The highest BCUT2D eigenvalue weighted by Crippen LogP contribution is 2.30. The Labute approximate surface area is 259 Å². The third kappa shape index (κ3) is 8.26. The fourth-order valence-electron chi connectivity index (χ4n) is 3.98. The fourth-order valence-corrected chi connectivity index (χ4v) is 5.36. The molecule has 0 aliphatic heterocycles. The summed E-state index contributed by atoms with van der Waals surface area (Å²) in [5, 5.41) is 9.19. The molecule has 6 nitrogen and oxygen atoms in total. The smallest absolute Gasteiger partial charge is 0.272 e. The maximum atomic E-state index is 13.4. The van der Waals surface area contributed by atoms with Crippen molar-refractivity contribution in [1.82, 2.24) is 5.32 Å². The quantitative estimate of drug-likeness (QED) is 0.124. The second-order valence-corrected chi connectivity index (χ2v) is 11.4. The highest BCUT2D eigenvalue weighted by molar-refractivity contribution is 8.00. The largest absolute Gasteiger partial charge is 0.325 e. The van der Waals surface area contributed by atoms with Crippen LogP contribution in [0.4, 0.5) is 11.4 Å². The molecule has 1 atom stereocenters. The predicted octanol–water partition coefficient (Wildman–Crippen LogP) is 8.22. The van der Waals surface area contributed by atoms with Gasteiger partial charge in [-0.15, -0.1) is 11.8 Å². The van der Waals surface area contributed by atoms with E-state index in [1.165, 1.54) is 17.8 Å². The summed E-state index contributed by atoms with van der Waals surface area (Å²) in [4.78, 5) is 40.2. The van der Waals surface area contributed by atoms with Crippen LogP contribution in [0.3, 0.4) is 0 Å². The van der Waals surface area contributed by atoms with Gasteiger partial charge in [-0.25, -0.2) is 0 Å². The van der Waals surface area contributed by atoms with Gasteiger partial charge in [0.15, 0.2) is 0 Å². The van der Waals surface area contributed by atoms with Crippen LogP contribution in [0.1, 0.15) is 34.8 Å². The number of anilines is 2. The van der Waals surface area contributed by atoms with Crippen LogP contribution in [-0.4, -0.2) is 23.0 Å². The number of hydrogen-bond donors (Lipinski definition) is 3. The topological polar surface area (TPSA) is 87.3 Å². The second kappa shape index (κ2) is 14.7. The Morgan fingerprint density at radius 1 is 0.833 bits per heavy atom. The summed E-state index contributed by atoms with van der Waals surface area (Å²) < 4.78 is 0. The van der Waals surface area contributed by atoms with E-state index in [0.29, 0.717) is 39.0 Å². The molecule has 0 radical (unpaired) electrons. The zero-order valence-electron chi connectivity index (χ0n) is 23.0. The van der Waals surface area contributed by atoms with E-state index in [1.54, 1.807) is 84.9 Å². The van der Waals surface area contributed by atoms with Gasteiger partial charge in [0.2, 0.25) is 5.91 Å².